The molecule has 4 N–H and O–H groups in total. The normalized spacial score (nSPS) is 10.2. The molecule has 2 heterocycles. The van der Waals surface area contributed by atoms with Gasteiger partial charge in [-0.3, -0.25) is 0 Å². The van der Waals surface area contributed by atoms with E-state index in [1.807, 2.05) is 48.5 Å². The van der Waals surface area contributed by atoms with Crippen LogP contribution in [0.3, 0.4) is 0 Å². The van der Waals surface area contributed by atoms with Crippen LogP contribution >= 0.6 is 0 Å². The maximum Gasteiger partial charge on any atom is 0.160 e. The molecule has 110 valence electrons. The number of aromatic nitrogens is 3. The maximum absolute atomic E-state index is 6.12. The molecule has 6 heteroatoms. The van der Waals surface area contributed by atoms with Crippen molar-refractivity contribution in [3.8, 4) is 0 Å². The van der Waals surface area contributed by atoms with Gasteiger partial charge in [-0.05, 0) is 17.7 Å². The third-order valence-corrected chi connectivity index (χ3v) is 3.10. The topological polar surface area (TPSA) is 88.8 Å². The summed E-state index contributed by atoms with van der Waals surface area (Å²) in [5, 5.41) is 6.30. The van der Waals surface area contributed by atoms with E-state index in [2.05, 4.69) is 25.6 Å². The zero-order valence-electron chi connectivity index (χ0n) is 11.9. The summed E-state index contributed by atoms with van der Waals surface area (Å²) in [4.78, 5) is 12.5. The van der Waals surface area contributed by atoms with Crippen LogP contribution in [0, 0.1) is 0 Å². The Morgan fingerprint density at radius 3 is 2.41 bits per heavy atom. The number of pyridine rings is 1. The van der Waals surface area contributed by atoms with Crippen molar-refractivity contribution in [2.24, 2.45) is 0 Å². The van der Waals surface area contributed by atoms with Crippen LogP contribution in [0.25, 0.3) is 0 Å². The van der Waals surface area contributed by atoms with Gasteiger partial charge in [0.25, 0.3) is 0 Å². The van der Waals surface area contributed by atoms with E-state index in [0.29, 0.717) is 29.7 Å². The number of rotatable bonds is 5. The molecule has 0 aliphatic rings. The van der Waals surface area contributed by atoms with Crippen molar-refractivity contribution in [2.45, 2.75) is 6.54 Å². The molecule has 0 aliphatic carbocycles. The Morgan fingerprint density at radius 2 is 1.64 bits per heavy atom. The highest BCUT2D eigenvalue weighted by Crippen LogP contribution is 2.25. The Labute approximate surface area is 128 Å². The predicted octanol–water partition coefficient (Wildman–Crippen LogP) is 2.81. The second-order valence-corrected chi connectivity index (χ2v) is 4.66. The highest BCUT2D eigenvalue weighted by molar-refractivity contribution is 5.76. The molecule has 22 heavy (non-hydrogen) atoms. The quantitative estimate of drug-likeness (QED) is 0.670. The first-order chi connectivity index (χ1) is 10.8. The predicted molar refractivity (Wildman–Crippen MR) is 87.7 cm³/mol. The van der Waals surface area contributed by atoms with Crippen LogP contribution in [0.15, 0.2) is 61.1 Å². The number of hydrogen-bond acceptors (Lipinski definition) is 6. The number of nitrogen functional groups attached to an aromatic ring is 1. The zero-order chi connectivity index (χ0) is 15.2. The number of anilines is 4. The average molecular weight is 292 g/mol. The fraction of sp³-hybridized carbons (Fsp3) is 0.0625. The molecule has 0 saturated heterocycles. The first-order valence-electron chi connectivity index (χ1n) is 6.89. The SMILES string of the molecule is Nc1c(NCc2ccccc2)ncnc1Nc1ccccn1. The zero-order valence-corrected chi connectivity index (χ0v) is 11.9. The van der Waals surface area contributed by atoms with Gasteiger partial charge in [-0.15, -0.1) is 0 Å². The van der Waals surface area contributed by atoms with Crippen LogP contribution in [0.5, 0.6) is 0 Å². The minimum absolute atomic E-state index is 0.462. The van der Waals surface area contributed by atoms with Gasteiger partial charge in [-0.1, -0.05) is 36.4 Å². The summed E-state index contributed by atoms with van der Waals surface area (Å²) in [6.45, 7) is 0.644. The van der Waals surface area contributed by atoms with Gasteiger partial charge < -0.3 is 16.4 Å². The number of nitrogens with two attached hydrogens (primary N) is 1. The summed E-state index contributed by atoms with van der Waals surface area (Å²) in [6, 6.07) is 15.6. The second-order valence-electron chi connectivity index (χ2n) is 4.66. The summed E-state index contributed by atoms with van der Waals surface area (Å²) in [5.74, 6) is 1.81. The molecule has 2 aromatic heterocycles. The molecule has 0 fully saturated rings. The first kappa shape index (κ1) is 13.8. The molecule has 0 atom stereocenters. The highest BCUT2D eigenvalue weighted by atomic mass is 15.1. The van der Waals surface area contributed by atoms with E-state index in [1.165, 1.54) is 6.33 Å². The number of benzene rings is 1. The average Bonchev–Trinajstić information content (AvgIpc) is 2.58. The van der Waals surface area contributed by atoms with Gasteiger partial charge in [-0.2, -0.15) is 0 Å². The van der Waals surface area contributed by atoms with E-state index < -0.39 is 0 Å². The number of nitrogens with zero attached hydrogens (tertiary/aromatic N) is 3. The Hall–Kier alpha value is -3.15. The van der Waals surface area contributed by atoms with Gasteiger partial charge in [0.1, 0.15) is 17.8 Å². The monoisotopic (exact) mass is 292 g/mol. The van der Waals surface area contributed by atoms with Crippen LogP contribution in [-0.2, 0) is 6.54 Å². The summed E-state index contributed by atoms with van der Waals surface area (Å²) < 4.78 is 0. The van der Waals surface area contributed by atoms with Crippen molar-refractivity contribution in [2.75, 3.05) is 16.4 Å². The summed E-state index contributed by atoms with van der Waals surface area (Å²) in [6.07, 6.45) is 3.17. The third-order valence-electron chi connectivity index (χ3n) is 3.10. The van der Waals surface area contributed by atoms with E-state index in [0.717, 1.165) is 5.56 Å². The molecular formula is C16H16N6. The molecule has 0 unspecified atom stereocenters. The van der Waals surface area contributed by atoms with E-state index in [4.69, 9.17) is 5.73 Å². The van der Waals surface area contributed by atoms with Crippen molar-refractivity contribution in [3.63, 3.8) is 0 Å². The van der Waals surface area contributed by atoms with Gasteiger partial charge in [-0.25, -0.2) is 15.0 Å². The molecule has 0 spiro atoms. The summed E-state index contributed by atoms with van der Waals surface area (Å²) in [7, 11) is 0. The van der Waals surface area contributed by atoms with Gasteiger partial charge in [0.05, 0.1) is 0 Å². The molecule has 0 amide bonds. The molecule has 0 bridgehead atoms. The lowest BCUT2D eigenvalue weighted by Gasteiger charge is -2.12. The standard InChI is InChI=1S/C16H16N6/c17-14-15(19-10-12-6-2-1-3-7-12)20-11-21-16(14)22-13-8-4-5-9-18-13/h1-9,11H,10,17H2,(H2,18,19,20,21,22). The molecule has 1 aromatic carbocycles. The van der Waals surface area contributed by atoms with E-state index >= 15 is 0 Å². The Bertz CT molecular complexity index is 730. The van der Waals surface area contributed by atoms with Crippen LogP contribution in [0.2, 0.25) is 0 Å². The van der Waals surface area contributed by atoms with Gasteiger partial charge in [0, 0.05) is 12.7 Å². The second kappa shape index (κ2) is 6.53. The number of nitrogens with one attached hydrogen (secondary N) is 2. The van der Waals surface area contributed by atoms with Crippen LogP contribution < -0.4 is 16.4 Å². The Balaban J connectivity index is 1.74. The van der Waals surface area contributed by atoms with E-state index in [9.17, 15) is 0 Å². The van der Waals surface area contributed by atoms with E-state index in [1.54, 1.807) is 6.20 Å². The fourth-order valence-corrected chi connectivity index (χ4v) is 1.98. The minimum Gasteiger partial charge on any atom is -0.393 e. The fourth-order valence-electron chi connectivity index (χ4n) is 1.98. The smallest absolute Gasteiger partial charge is 0.160 e. The molecule has 3 rings (SSSR count). The van der Waals surface area contributed by atoms with E-state index in [-0.39, 0.29) is 0 Å². The van der Waals surface area contributed by atoms with Gasteiger partial charge in [0.2, 0.25) is 0 Å². The van der Waals surface area contributed by atoms with Gasteiger partial charge >= 0.3 is 0 Å². The lowest BCUT2D eigenvalue weighted by atomic mass is 10.2. The molecule has 6 nitrogen and oxygen atoms in total. The van der Waals surface area contributed by atoms with Crippen LogP contribution in [0.1, 0.15) is 5.56 Å². The molecule has 0 saturated carbocycles. The van der Waals surface area contributed by atoms with Crippen molar-refractivity contribution in [1.29, 1.82) is 0 Å². The molecule has 3 aromatic rings. The van der Waals surface area contributed by atoms with Crippen molar-refractivity contribution < 1.29 is 0 Å². The lowest BCUT2D eigenvalue weighted by Crippen LogP contribution is -2.08. The third kappa shape index (κ3) is 3.29. The largest absolute Gasteiger partial charge is 0.393 e. The van der Waals surface area contributed by atoms with Crippen LogP contribution in [0.4, 0.5) is 23.1 Å². The molecule has 0 aliphatic heterocycles. The van der Waals surface area contributed by atoms with Gasteiger partial charge in [0.15, 0.2) is 11.6 Å². The first-order valence-corrected chi connectivity index (χ1v) is 6.89. The maximum atomic E-state index is 6.12. The van der Waals surface area contributed by atoms with Crippen molar-refractivity contribution >= 4 is 23.1 Å². The summed E-state index contributed by atoms with van der Waals surface area (Å²) in [5.41, 5.74) is 7.73. The molecule has 0 radical (unpaired) electrons. The highest BCUT2D eigenvalue weighted by Gasteiger charge is 2.08. The Morgan fingerprint density at radius 1 is 0.864 bits per heavy atom. The lowest BCUT2D eigenvalue weighted by molar-refractivity contribution is 1.08. The van der Waals surface area contributed by atoms with Crippen molar-refractivity contribution in [3.05, 3.63) is 66.6 Å². The van der Waals surface area contributed by atoms with Crippen LogP contribution in [-0.4, -0.2) is 15.0 Å². The van der Waals surface area contributed by atoms with Crippen molar-refractivity contribution in [1.82, 2.24) is 15.0 Å². The minimum atomic E-state index is 0.462. The Kier molecular flexibility index (Phi) is 4.10. The number of hydrogen-bond donors (Lipinski definition) is 3. The molecular weight excluding hydrogens is 276 g/mol. The summed E-state index contributed by atoms with van der Waals surface area (Å²) >= 11 is 0.